The number of nitrogens with zero attached hydrogens (tertiary/aromatic N) is 3. The van der Waals surface area contributed by atoms with Crippen LogP contribution >= 0.6 is 11.3 Å². The van der Waals surface area contributed by atoms with Crippen molar-refractivity contribution in [3.8, 4) is 0 Å². The third-order valence-corrected chi connectivity index (χ3v) is 4.11. The summed E-state index contributed by atoms with van der Waals surface area (Å²) >= 11 is 1.61. The van der Waals surface area contributed by atoms with Gasteiger partial charge in [-0.3, -0.25) is 4.79 Å². The molecule has 0 aromatic carbocycles. The van der Waals surface area contributed by atoms with Crippen LogP contribution in [0.1, 0.15) is 33.4 Å². The van der Waals surface area contributed by atoms with Crippen LogP contribution in [0.4, 0.5) is 5.13 Å². The Bertz CT molecular complexity index is 547. The fraction of sp³-hybridized carbons (Fsp3) is 0.688. The highest BCUT2D eigenvalue weighted by Gasteiger charge is 2.20. The van der Waals surface area contributed by atoms with Gasteiger partial charge in [-0.05, 0) is 6.92 Å². The summed E-state index contributed by atoms with van der Waals surface area (Å²) in [6.07, 6.45) is 0. The van der Waals surface area contributed by atoms with Crippen molar-refractivity contribution < 1.29 is 4.79 Å². The maximum Gasteiger partial charge on any atom is 0.225 e. The number of aromatic nitrogens is 1. The second-order valence-electron chi connectivity index (χ2n) is 6.64. The van der Waals surface area contributed by atoms with E-state index in [1.165, 1.54) is 0 Å². The van der Waals surface area contributed by atoms with Crippen LogP contribution in [0.25, 0.3) is 0 Å². The summed E-state index contributed by atoms with van der Waals surface area (Å²) in [7, 11) is 3.95. The predicted molar refractivity (Wildman–Crippen MR) is 102 cm³/mol. The van der Waals surface area contributed by atoms with E-state index in [9.17, 15) is 4.79 Å². The van der Waals surface area contributed by atoms with Gasteiger partial charge in [0.15, 0.2) is 11.1 Å². The van der Waals surface area contributed by atoms with E-state index in [-0.39, 0.29) is 11.3 Å². The first kappa shape index (κ1) is 20.2. The standard InChI is InChI=1S/C16H30N6OS/c1-7-17-14(19-9-8-18-13(23)16(2,3)4)20-10-12-11-24-15(21-12)22(5)6/h11H,7-10H2,1-6H3,(H,18,23)(H2,17,19,20). The van der Waals surface area contributed by atoms with E-state index in [0.717, 1.165) is 23.3 Å². The summed E-state index contributed by atoms with van der Waals surface area (Å²) in [4.78, 5) is 22.8. The minimum Gasteiger partial charge on any atom is -0.357 e. The largest absolute Gasteiger partial charge is 0.357 e. The SMILES string of the molecule is CCNC(=NCc1csc(N(C)C)n1)NCCNC(=O)C(C)(C)C. The number of nitrogens with one attached hydrogen (secondary N) is 3. The first-order valence-corrected chi connectivity index (χ1v) is 9.04. The fourth-order valence-electron chi connectivity index (χ4n) is 1.70. The molecule has 136 valence electrons. The van der Waals surface area contributed by atoms with Crippen molar-refractivity contribution >= 4 is 28.3 Å². The zero-order valence-corrected chi connectivity index (χ0v) is 16.4. The summed E-state index contributed by atoms with van der Waals surface area (Å²) in [5, 5.41) is 12.3. The molecule has 0 atom stereocenters. The Morgan fingerprint density at radius 3 is 2.46 bits per heavy atom. The third kappa shape index (κ3) is 7.16. The van der Waals surface area contributed by atoms with E-state index >= 15 is 0 Å². The molecule has 0 radical (unpaired) electrons. The van der Waals surface area contributed by atoms with Crippen LogP contribution in [-0.2, 0) is 11.3 Å². The highest BCUT2D eigenvalue weighted by atomic mass is 32.1. The van der Waals surface area contributed by atoms with Gasteiger partial charge in [0.05, 0.1) is 12.2 Å². The molecule has 0 saturated carbocycles. The molecule has 0 aliphatic rings. The second-order valence-corrected chi connectivity index (χ2v) is 7.48. The van der Waals surface area contributed by atoms with Crippen molar-refractivity contribution in [2.45, 2.75) is 34.2 Å². The highest BCUT2D eigenvalue weighted by molar-refractivity contribution is 7.13. The minimum atomic E-state index is -0.368. The van der Waals surface area contributed by atoms with Gasteiger partial charge in [0.2, 0.25) is 5.91 Å². The summed E-state index contributed by atoms with van der Waals surface area (Å²) < 4.78 is 0. The molecule has 0 spiro atoms. The third-order valence-electron chi connectivity index (χ3n) is 3.05. The second kappa shape index (κ2) is 9.46. The molecule has 0 unspecified atom stereocenters. The van der Waals surface area contributed by atoms with Crippen molar-refractivity contribution in [1.82, 2.24) is 20.9 Å². The van der Waals surface area contributed by atoms with Gasteiger partial charge in [0.1, 0.15) is 0 Å². The van der Waals surface area contributed by atoms with Crippen LogP contribution in [0.3, 0.4) is 0 Å². The Kier molecular flexibility index (Phi) is 7.97. The Labute approximate surface area is 149 Å². The molecular formula is C16H30N6OS. The first-order chi connectivity index (χ1) is 11.2. The number of carbonyl (C=O) groups excluding carboxylic acids is 1. The number of guanidine groups is 1. The molecule has 1 heterocycles. The van der Waals surface area contributed by atoms with Crippen molar-refractivity contribution in [3.05, 3.63) is 11.1 Å². The molecule has 3 N–H and O–H groups in total. The highest BCUT2D eigenvalue weighted by Crippen LogP contribution is 2.18. The lowest BCUT2D eigenvalue weighted by atomic mass is 9.96. The molecule has 8 heteroatoms. The van der Waals surface area contributed by atoms with Crippen LogP contribution < -0.4 is 20.9 Å². The predicted octanol–water partition coefficient (Wildman–Crippen LogP) is 1.43. The van der Waals surface area contributed by atoms with Gasteiger partial charge in [-0.25, -0.2) is 9.98 Å². The zero-order valence-electron chi connectivity index (χ0n) is 15.6. The van der Waals surface area contributed by atoms with E-state index in [0.29, 0.717) is 19.6 Å². The maximum absolute atomic E-state index is 11.8. The van der Waals surface area contributed by atoms with E-state index in [4.69, 9.17) is 0 Å². The normalized spacial score (nSPS) is 12.0. The Balaban J connectivity index is 2.46. The van der Waals surface area contributed by atoms with E-state index in [1.807, 2.05) is 52.1 Å². The fourth-order valence-corrected chi connectivity index (χ4v) is 2.45. The van der Waals surface area contributed by atoms with E-state index < -0.39 is 0 Å². The number of hydrogen-bond acceptors (Lipinski definition) is 5. The van der Waals surface area contributed by atoms with Gasteiger partial charge in [0, 0.05) is 44.5 Å². The van der Waals surface area contributed by atoms with Crippen molar-refractivity contribution in [3.63, 3.8) is 0 Å². The van der Waals surface area contributed by atoms with Crippen LogP contribution in [0.5, 0.6) is 0 Å². The quantitative estimate of drug-likeness (QED) is 0.392. The van der Waals surface area contributed by atoms with Gasteiger partial charge in [-0.15, -0.1) is 11.3 Å². The van der Waals surface area contributed by atoms with E-state index in [2.05, 4.69) is 25.9 Å². The molecule has 1 rings (SSSR count). The lowest BCUT2D eigenvalue weighted by molar-refractivity contribution is -0.128. The molecule has 0 saturated heterocycles. The Morgan fingerprint density at radius 2 is 1.92 bits per heavy atom. The summed E-state index contributed by atoms with van der Waals surface area (Å²) in [5.41, 5.74) is 0.579. The van der Waals surface area contributed by atoms with Crippen LogP contribution in [0.15, 0.2) is 10.4 Å². The van der Waals surface area contributed by atoms with Gasteiger partial charge in [-0.1, -0.05) is 20.8 Å². The van der Waals surface area contributed by atoms with Gasteiger partial charge in [-0.2, -0.15) is 0 Å². The molecule has 0 fully saturated rings. The zero-order chi connectivity index (χ0) is 18.2. The lowest BCUT2D eigenvalue weighted by Gasteiger charge is -2.18. The first-order valence-electron chi connectivity index (χ1n) is 8.16. The topological polar surface area (TPSA) is 81.7 Å². The molecule has 7 nitrogen and oxygen atoms in total. The van der Waals surface area contributed by atoms with E-state index in [1.54, 1.807) is 11.3 Å². The van der Waals surface area contributed by atoms with Gasteiger partial charge in [0.25, 0.3) is 0 Å². The average molecular weight is 355 g/mol. The average Bonchev–Trinajstić information content (AvgIpc) is 2.97. The monoisotopic (exact) mass is 354 g/mol. The van der Waals surface area contributed by atoms with Crippen LogP contribution in [0, 0.1) is 5.41 Å². The minimum absolute atomic E-state index is 0.0462. The molecule has 0 bridgehead atoms. The molecule has 0 aliphatic carbocycles. The summed E-state index contributed by atoms with van der Waals surface area (Å²) in [6, 6.07) is 0. The molecule has 24 heavy (non-hydrogen) atoms. The Morgan fingerprint density at radius 1 is 1.25 bits per heavy atom. The summed E-state index contributed by atoms with van der Waals surface area (Å²) in [6.45, 7) is 10.2. The molecule has 1 aromatic heterocycles. The number of rotatable bonds is 7. The Hall–Kier alpha value is -1.83. The van der Waals surface area contributed by atoms with Gasteiger partial charge >= 0.3 is 0 Å². The molecule has 1 aromatic rings. The number of carbonyl (C=O) groups is 1. The summed E-state index contributed by atoms with van der Waals surface area (Å²) in [5.74, 6) is 0.770. The van der Waals surface area contributed by atoms with Crippen LogP contribution in [0.2, 0.25) is 0 Å². The van der Waals surface area contributed by atoms with Gasteiger partial charge < -0.3 is 20.9 Å². The number of amides is 1. The number of thiazole rings is 1. The number of anilines is 1. The lowest BCUT2D eigenvalue weighted by Crippen LogP contribution is -2.43. The number of hydrogen-bond donors (Lipinski definition) is 3. The maximum atomic E-state index is 11.8. The molecule has 1 amide bonds. The molecular weight excluding hydrogens is 324 g/mol. The van der Waals surface area contributed by atoms with Crippen molar-refractivity contribution in [1.29, 1.82) is 0 Å². The smallest absolute Gasteiger partial charge is 0.225 e. The number of aliphatic imine (C=N–C) groups is 1. The van der Waals surface area contributed by atoms with Crippen molar-refractivity contribution in [2.75, 3.05) is 38.6 Å². The van der Waals surface area contributed by atoms with Crippen molar-refractivity contribution in [2.24, 2.45) is 10.4 Å². The molecule has 0 aliphatic heterocycles. The van der Waals surface area contributed by atoms with Crippen LogP contribution in [-0.4, -0.2) is 50.6 Å².